The molecular weight excluding hydrogens is 488 g/mol. The Bertz CT molecular complexity index is 716. The largest absolute Gasteiger partial charge is 4.00 e. The molecule has 6 heteroatoms. The van der Waals surface area contributed by atoms with Crippen molar-refractivity contribution in [3.8, 4) is 11.3 Å². The van der Waals surface area contributed by atoms with Crippen LogP contribution >= 0.6 is 7.92 Å². The topological polar surface area (TPSA) is 79.8 Å². The van der Waals surface area contributed by atoms with E-state index in [1.54, 1.807) is 27.0 Å². The first-order valence-electron chi connectivity index (χ1n) is 9.52. The monoisotopic (exact) mass is 521 g/mol. The van der Waals surface area contributed by atoms with E-state index in [0.717, 1.165) is 29.9 Å². The molecule has 0 saturated carbocycles. The zero-order valence-electron chi connectivity index (χ0n) is 18.9. The van der Waals surface area contributed by atoms with Gasteiger partial charge in [0.2, 0.25) is 0 Å². The summed E-state index contributed by atoms with van der Waals surface area (Å²) in [6.07, 6.45) is 4.79. The molecule has 3 aromatic rings. The minimum absolute atomic E-state index is 0. The van der Waals surface area contributed by atoms with E-state index in [9.17, 15) is 0 Å². The maximum absolute atomic E-state index is 7.44. The average Bonchev–Trinajstić information content (AvgIpc) is 2.78. The van der Waals surface area contributed by atoms with Crippen LogP contribution in [0.15, 0.2) is 79.0 Å². The standard InChI is InChI=1S/C11H8N.C8H11P.3C2H4N.Ru/c1-2-6-10(7-3-1)11-8-4-5-9-12-11;1-9(2)8-6-4-3-5-7-8;3*1-2-3;/h1-6,8-9H;3-7H,1-2H3;3*2H,1H3;/q-1;;3*-1;+4/p+1. The van der Waals surface area contributed by atoms with E-state index in [2.05, 4.69) is 54.7 Å². The summed E-state index contributed by atoms with van der Waals surface area (Å²) in [7, 11) is -0.212. The van der Waals surface area contributed by atoms with E-state index in [1.165, 1.54) is 5.30 Å². The number of nitrogens with zero attached hydrogens (tertiary/aromatic N) is 4. The second-order valence-electron chi connectivity index (χ2n) is 5.63. The molecule has 0 aliphatic carbocycles. The molecule has 0 atom stereocenters. The average molecular weight is 521 g/mol. The minimum Gasteiger partial charge on any atom is -0.814 e. The van der Waals surface area contributed by atoms with Gasteiger partial charge in [-0.05, 0) is 23.9 Å². The third-order valence-corrected chi connectivity index (χ3v) is 4.49. The van der Waals surface area contributed by atoms with E-state index in [4.69, 9.17) is 16.2 Å². The quantitative estimate of drug-likeness (QED) is 0.170. The van der Waals surface area contributed by atoms with Crippen molar-refractivity contribution in [3.05, 3.63) is 101 Å². The predicted molar refractivity (Wildman–Crippen MR) is 140 cm³/mol. The molecule has 4 nitrogen and oxygen atoms in total. The van der Waals surface area contributed by atoms with E-state index in [0.29, 0.717) is 0 Å². The zero-order valence-corrected chi connectivity index (χ0v) is 21.6. The Hall–Kier alpha value is -2.35. The number of aromatic nitrogens is 1. The maximum Gasteiger partial charge on any atom is 4.00 e. The SMILES string of the molecule is CC=[N-].CC=[N-].CC=[N-].C[PH+](C)c1ccccc1.[Ru+4].[c-]1ccccc1-c1ccccn1. The molecule has 3 rings (SSSR count). The molecule has 0 radical (unpaired) electrons. The van der Waals surface area contributed by atoms with Gasteiger partial charge in [0.15, 0.2) is 0 Å². The zero-order chi connectivity index (χ0) is 23.0. The molecule has 0 spiro atoms. The summed E-state index contributed by atoms with van der Waals surface area (Å²) in [4.78, 5) is 4.22. The third kappa shape index (κ3) is 20.7. The van der Waals surface area contributed by atoms with Crippen molar-refractivity contribution in [2.75, 3.05) is 13.3 Å². The van der Waals surface area contributed by atoms with Crippen LogP contribution in [0, 0.1) is 6.07 Å². The number of pyridine rings is 1. The molecule has 0 fully saturated rings. The molecule has 31 heavy (non-hydrogen) atoms. The first kappa shape index (κ1) is 33.3. The van der Waals surface area contributed by atoms with Crippen molar-refractivity contribution in [3.63, 3.8) is 0 Å². The maximum atomic E-state index is 7.44. The molecular formula is C25H32N4PRu+. The Kier molecular flexibility index (Phi) is 27.6. The van der Waals surface area contributed by atoms with Crippen molar-refractivity contribution in [1.82, 2.24) is 4.98 Å². The van der Waals surface area contributed by atoms with E-state index in [-0.39, 0.29) is 27.4 Å². The summed E-state index contributed by atoms with van der Waals surface area (Å²) in [5.74, 6) is 0. The van der Waals surface area contributed by atoms with Crippen molar-refractivity contribution >= 4 is 31.9 Å². The first-order valence-corrected chi connectivity index (χ1v) is 12.0. The number of hydrogen-bond donors (Lipinski definition) is 0. The van der Waals surface area contributed by atoms with Crippen molar-refractivity contribution in [2.24, 2.45) is 0 Å². The van der Waals surface area contributed by atoms with Crippen molar-refractivity contribution in [1.29, 1.82) is 0 Å². The van der Waals surface area contributed by atoms with Crippen LogP contribution in [0.25, 0.3) is 27.5 Å². The third-order valence-electron chi connectivity index (χ3n) is 3.00. The van der Waals surface area contributed by atoms with Crippen LogP contribution in [-0.2, 0) is 19.5 Å². The molecule has 1 aromatic heterocycles. The van der Waals surface area contributed by atoms with Crippen LogP contribution in [0.2, 0.25) is 0 Å². The minimum atomic E-state index is -0.212. The molecule has 1 heterocycles. The van der Waals surface area contributed by atoms with Gasteiger partial charge in [0.1, 0.15) is 0 Å². The van der Waals surface area contributed by atoms with Gasteiger partial charge in [0.05, 0.1) is 18.6 Å². The first-order chi connectivity index (χ1) is 14.5. The van der Waals surface area contributed by atoms with Gasteiger partial charge in [-0.1, -0.05) is 51.1 Å². The van der Waals surface area contributed by atoms with Gasteiger partial charge in [-0.2, -0.15) is 0 Å². The fraction of sp³-hybridized carbons (Fsp3) is 0.200. The summed E-state index contributed by atoms with van der Waals surface area (Å²) < 4.78 is 0. The Morgan fingerprint density at radius 2 is 1.23 bits per heavy atom. The Morgan fingerprint density at radius 3 is 1.58 bits per heavy atom. The van der Waals surface area contributed by atoms with E-state index < -0.39 is 0 Å². The van der Waals surface area contributed by atoms with Crippen LogP contribution in [0.4, 0.5) is 0 Å². The fourth-order valence-corrected chi connectivity index (χ4v) is 2.71. The van der Waals surface area contributed by atoms with Crippen LogP contribution in [-0.4, -0.2) is 37.0 Å². The van der Waals surface area contributed by atoms with Crippen molar-refractivity contribution < 1.29 is 19.5 Å². The Labute approximate surface area is 202 Å². The summed E-state index contributed by atoms with van der Waals surface area (Å²) in [5, 5.41) is 23.8. The molecule has 0 bridgehead atoms. The smallest absolute Gasteiger partial charge is 0.814 e. The summed E-state index contributed by atoms with van der Waals surface area (Å²) in [6, 6.07) is 27.5. The number of hydrogen-bond acceptors (Lipinski definition) is 1. The summed E-state index contributed by atoms with van der Waals surface area (Å²) in [5.41, 5.74) is 2.01. The molecule has 0 N–H and O–H groups in total. The van der Waals surface area contributed by atoms with Gasteiger partial charge in [-0.15, -0.1) is 35.9 Å². The molecule has 0 aliphatic rings. The van der Waals surface area contributed by atoms with Gasteiger partial charge >= 0.3 is 19.5 Å². The van der Waals surface area contributed by atoms with Gasteiger partial charge in [-0.3, -0.25) is 0 Å². The van der Waals surface area contributed by atoms with E-state index in [1.807, 2.05) is 42.5 Å². The molecule has 0 saturated heterocycles. The van der Waals surface area contributed by atoms with Crippen LogP contribution < -0.4 is 5.30 Å². The molecule has 164 valence electrons. The van der Waals surface area contributed by atoms with Crippen LogP contribution in [0.3, 0.4) is 0 Å². The molecule has 0 aliphatic heterocycles. The molecule has 0 amide bonds. The van der Waals surface area contributed by atoms with Gasteiger partial charge in [-0.25, -0.2) is 18.6 Å². The normalized spacial score (nSPS) is 7.94. The molecule has 0 unspecified atom stereocenters. The Morgan fingerprint density at radius 1 is 0.742 bits per heavy atom. The summed E-state index contributed by atoms with van der Waals surface area (Å²) in [6.45, 7) is 9.28. The second-order valence-corrected chi connectivity index (χ2v) is 8.21. The van der Waals surface area contributed by atoms with E-state index >= 15 is 0 Å². The van der Waals surface area contributed by atoms with Crippen LogP contribution in [0.5, 0.6) is 0 Å². The van der Waals surface area contributed by atoms with Crippen LogP contribution in [0.1, 0.15) is 20.8 Å². The fourth-order valence-electron chi connectivity index (χ4n) is 1.85. The second kappa shape index (κ2) is 25.7. The predicted octanol–water partition coefficient (Wildman–Crippen LogP) is 6.27. The molecule has 2 aromatic carbocycles. The Balaban J connectivity index is -0.000000366. The van der Waals surface area contributed by atoms with Crippen molar-refractivity contribution in [2.45, 2.75) is 20.8 Å². The van der Waals surface area contributed by atoms with Gasteiger partial charge in [0.25, 0.3) is 0 Å². The number of benzene rings is 2. The summed E-state index contributed by atoms with van der Waals surface area (Å²) >= 11 is 0. The number of rotatable bonds is 2. The van der Waals surface area contributed by atoms with Gasteiger partial charge in [0, 0.05) is 14.1 Å². The van der Waals surface area contributed by atoms with Gasteiger partial charge < -0.3 is 21.2 Å².